The minimum absolute atomic E-state index is 0.806. The predicted octanol–water partition coefficient (Wildman–Crippen LogP) is 4.01. The summed E-state index contributed by atoms with van der Waals surface area (Å²) in [5.74, 6) is 0. The van der Waals surface area contributed by atoms with Crippen molar-refractivity contribution in [3.8, 4) is 0 Å². The van der Waals surface area contributed by atoms with Crippen LogP contribution in [0.1, 0.15) is 17.2 Å². The average molecular weight is 290 g/mol. The summed E-state index contributed by atoms with van der Waals surface area (Å²) in [4.78, 5) is 0. The van der Waals surface area contributed by atoms with Gasteiger partial charge in [-0.3, -0.25) is 0 Å². The summed E-state index contributed by atoms with van der Waals surface area (Å²) in [6, 6.07) is 16.8. The van der Waals surface area contributed by atoms with Crippen molar-refractivity contribution in [2.24, 2.45) is 0 Å². The number of rotatable bonds is 0. The number of aliphatic hydroxyl groups is 2. The van der Waals surface area contributed by atoms with Crippen LogP contribution in [0.15, 0.2) is 54.6 Å². The average Bonchev–Trinajstić information content (AvgIpc) is 2.56. The molecule has 0 unspecified atom stereocenters. The summed E-state index contributed by atoms with van der Waals surface area (Å²) in [5, 5.41) is 27.4. The molecule has 2 atom stereocenters. The van der Waals surface area contributed by atoms with Gasteiger partial charge in [0.05, 0.1) is 0 Å². The van der Waals surface area contributed by atoms with Gasteiger partial charge in [-0.05, 0) is 49.5 Å². The summed E-state index contributed by atoms with van der Waals surface area (Å²) in [6.45, 7) is 0. The standard InChI is InChI=1S/C20H14O2/c21-17-9-8-14-15-7-6-12-3-1-2-11-4-5-13(19(15)18(11)12)10-16(14)20(17)22/h1-10,17,20-22H/t17-,20-/m1/s1/i4+1,5+1,6+1,7+1. The van der Waals surface area contributed by atoms with E-state index in [4.69, 9.17) is 0 Å². The summed E-state index contributed by atoms with van der Waals surface area (Å²) in [5.41, 5.74) is 1.82. The molecule has 0 heterocycles. The largest absolute Gasteiger partial charge is 0.386 e. The smallest absolute Gasteiger partial charge is 0.109 e. The fourth-order valence-corrected chi connectivity index (χ4v) is 3.77. The molecule has 0 aliphatic heterocycles. The molecule has 0 fully saturated rings. The molecular weight excluding hydrogens is 276 g/mol. The molecule has 2 heteroatoms. The first-order valence-corrected chi connectivity index (χ1v) is 7.49. The molecule has 0 aromatic heterocycles. The third-order valence-corrected chi connectivity index (χ3v) is 4.82. The third kappa shape index (κ3) is 1.41. The second-order valence-corrected chi connectivity index (χ2v) is 6.03. The van der Waals surface area contributed by atoms with E-state index >= 15 is 0 Å². The van der Waals surface area contributed by atoms with Gasteiger partial charge in [-0.1, -0.05) is 54.6 Å². The predicted molar refractivity (Wildman–Crippen MR) is 90.1 cm³/mol. The van der Waals surface area contributed by atoms with Crippen molar-refractivity contribution in [2.75, 3.05) is 0 Å². The number of benzene rings is 4. The number of hydrogen-bond donors (Lipinski definition) is 2. The monoisotopic (exact) mass is 290 g/mol. The van der Waals surface area contributed by atoms with Crippen LogP contribution in [0, 0.1) is 0 Å². The molecule has 0 saturated heterocycles. The Morgan fingerprint density at radius 3 is 2.32 bits per heavy atom. The van der Waals surface area contributed by atoms with Gasteiger partial charge in [-0.15, -0.1) is 0 Å². The van der Waals surface area contributed by atoms with E-state index in [1.165, 1.54) is 21.5 Å². The highest BCUT2D eigenvalue weighted by Crippen LogP contribution is 2.41. The van der Waals surface area contributed by atoms with E-state index in [-0.39, 0.29) is 0 Å². The van der Waals surface area contributed by atoms with Crippen LogP contribution in [0.5, 0.6) is 0 Å². The lowest BCUT2D eigenvalue weighted by atomic mass is 9.88. The second kappa shape index (κ2) is 4.07. The van der Waals surface area contributed by atoms with Crippen molar-refractivity contribution in [2.45, 2.75) is 12.2 Å². The van der Waals surface area contributed by atoms with Crippen LogP contribution in [-0.2, 0) is 0 Å². The molecule has 4 aromatic carbocycles. The summed E-state index contributed by atoms with van der Waals surface area (Å²) >= 11 is 0. The van der Waals surface area contributed by atoms with Crippen LogP contribution < -0.4 is 0 Å². The van der Waals surface area contributed by atoms with Crippen LogP contribution in [0.4, 0.5) is 0 Å². The van der Waals surface area contributed by atoms with Gasteiger partial charge in [0.15, 0.2) is 0 Å². The molecule has 2 N–H and O–H groups in total. The first kappa shape index (κ1) is 12.2. The zero-order chi connectivity index (χ0) is 14.8. The van der Waals surface area contributed by atoms with Gasteiger partial charge in [-0.2, -0.15) is 0 Å². The highest BCUT2D eigenvalue weighted by atomic mass is 16.3. The van der Waals surface area contributed by atoms with Gasteiger partial charge in [0.1, 0.15) is 12.2 Å². The molecule has 0 spiro atoms. The van der Waals surface area contributed by atoms with Gasteiger partial charge >= 0.3 is 0 Å². The van der Waals surface area contributed by atoms with E-state index in [0.29, 0.717) is 0 Å². The van der Waals surface area contributed by atoms with Crippen molar-refractivity contribution in [3.05, 3.63) is 65.7 Å². The quantitative estimate of drug-likeness (QED) is 0.480. The molecule has 106 valence electrons. The minimum atomic E-state index is -0.859. The normalized spacial score (nSPS) is 21.0. The summed E-state index contributed by atoms with van der Waals surface area (Å²) in [6.07, 6.45) is 1.91. The number of hydrogen-bond acceptors (Lipinski definition) is 2. The van der Waals surface area contributed by atoms with Crippen LogP contribution in [0.2, 0.25) is 0 Å². The Morgan fingerprint density at radius 2 is 1.50 bits per heavy atom. The number of aliphatic hydroxyl groups excluding tert-OH is 2. The SMILES string of the molecule is O[C@@H]1C=Cc2c(cc3[13cH][13cH]c4cccc5[13cH][13cH]c2c3c45)[C@H]1O. The van der Waals surface area contributed by atoms with Crippen molar-refractivity contribution >= 4 is 38.4 Å². The van der Waals surface area contributed by atoms with Crippen molar-refractivity contribution in [1.29, 1.82) is 0 Å². The van der Waals surface area contributed by atoms with Crippen LogP contribution in [-0.4, -0.2) is 16.3 Å². The van der Waals surface area contributed by atoms with Gasteiger partial charge in [0, 0.05) is 0 Å². The molecule has 2 nitrogen and oxygen atoms in total. The summed E-state index contributed by atoms with van der Waals surface area (Å²) < 4.78 is 0. The van der Waals surface area contributed by atoms with Gasteiger partial charge in [0.25, 0.3) is 0 Å². The van der Waals surface area contributed by atoms with Crippen LogP contribution in [0.25, 0.3) is 38.4 Å². The van der Waals surface area contributed by atoms with E-state index in [0.717, 1.165) is 21.9 Å². The van der Waals surface area contributed by atoms with E-state index < -0.39 is 12.2 Å². The van der Waals surface area contributed by atoms with Crippen LogP contribution >= 0.6 is 0 Å². The van der Waals surface area contributed by atoms with Crippen molar-refractivity contribution in [3.63, 3.8) is 0 Å². The lowest BCUT2D eigenvalue weighted by Crippen LogP contribution is -2.19. The molecule has 1 aliphatic carbocycles. The Labute approximate surface area is 127 Å². The van der Waals surface area contributed by atoms with Crippen molar-refractivity contribution < 1.29 is 10.2 Å². The maximum Gasteiger partial charge on any atom is 0.109 e. The molecule has 1 aliphatic rings. The lowest BCUT2D eigenvalue weighted by molar-refractivity contribution is 0.0472. The van der Waals surface area contributed by atoms with Gasteiger partial charge in [-0.25, -0.2) is 0 Å². The zero-order valence-corrected chi connectivity index (χ0v) is 11.8. The highest BCUT2D eigenvalue weighted by molar-refractivity contribution is 6.24. The van der Waals surface area contributed by atoms with Crippen LogP contribution in [0.3, 0.4) is 0 Å². The highest BCUT2D eigenvalue weighted by Gasteiger charge is 2.25. The fourth-order valence-electron chi connectivity index (χ4n) is 3.77. The Kier molecular flexibility index (Phi) is 2.25. The van der Waals surface area contributed by atoms with Gasteiger partial charge < -0.3 is 10.2 Å². The first-order valence-electron chi connectivity index (χ1n) is 7.49. The molecule has 22 heavy (non-hydrogen) atoms. The van der Waals surface area contributed by atoms with E-state index in [9.17, 15) is 10.2 Å². The Bertz CT molecular complexity index is 1050. The summed E-state index contributed by atoms with van der Waals surface area (Å²) in [7, 11) is 0. The zero-order valence-electron chi connectivity index (χ0n) is 11.8. The third-order valence-electron chi connectivity index (χ3n) is 4.82. The van der Waals surface area contributed by atoms with Crippen molar-refractivity contribution in [1.82, 2.24) is 0 Å². The lowest BCUT2D eigenvalue weighted by Gasteiger charge is -2.24. The fraction of sp³-hybridized carbons (Fsp3) is 0.100. The molecule has 0 amide bonds. The molecule has 0 radical (unpaired) electrons. The first-order chi connectivity index (χ1) is 10.7. The molecule has 0 bridgehead atoms. The molecule has 0 saturated carbocycles. The van der Waals surface area contributed by atoms with E-state index in [1.807, 2.05) is 12.1 Å². The maximum absolute atomic E-state index is 10.3. The molecular formula is C20H14O2. The topological polar surface area (TPSA) is 40.5 Å². The number of fused-ring (bicyclic) bond motifs is 2. The second-order valence-electron chi connectivity index (χ2n) is 6.03. The molecule has 5 rings (SSSR count). The molecule has 4 aromatic rings. The minimum Gasteiger partial charge on any atom is -0.386 e. The Hall–Kier alpha value is -2.42. The Morgan fingerprint density at radius 1 is 0.773 bits per heavy atom. The maximum atomic E-state index is 10.3. The van der Waals surface area contributed by atoms with E-state index in [2.05, 4.69) is 42.5 Å². The van der Waals surface area contributed by atoms with E-state index in [1.54, 1.807) is 6.08 Å². The Balaban J connectivity index is 2.05. The van der Waals surface area contributed by atoms with Gasteiger partial charge in [0.2, 0.25) is 0 Å².